The Balaban J connectivity index is 0.00000242. The smallest absolute Gasteiger partial charge is 0.252 e. The fourth-order valence-electron chi connectivity index (χ4n) is 3.15. The molecule has 0 spiro atoms. The van der Waals surface area contributed by atoms with Gasteiger partial charge in [-0.2, -0.15) is 0 Å². The van der Waals surface area contributed by atoms with Crippen molar-refractivity contribution in [3.63, 3.8) is 0 Å². The number of rotatable bonds is 5. The van der Waals surface area contributed by atoms with E-state index in [-0.39, 0.29) is 36.3 Å². The van der Waals surface area contributed by atoms with Crippen LogP contribution in [0, 0.1) is 0 Å². The van der Waals surface area contributed by atoms with Crippen molar-refractivity contribution in [2.45, 2.75) is 37.9 Å². The van der Waals surface area contributed by atoms with Crippen LogP contribution in [-0.2, 0) is 14.3 Å². The number of amides is 1. The Bertz CT molecular complexity index is 364. The van der Waals surface area contributed by atoms with Crippen molar-refractivity contribution in [3.05, 3.63) is 0 Å². The quantitative estimate of drug-likeness (QED) is 0.749. The van der Waals surface area contributed by atoms with E-state index in [9.17, 15) is 4.79 Å². The zero-order valence-corrected chi connectivity index (χ0v) is 16.0. The summed E-state index contributed by atoms with van der Waals surface area (Å²) in [7, 11) is 1.63. The number of methoxy groups -OCH3 is 1. The van der Waals surface area contributed by atoms with Crippen molar-refractivity contribution < 1.29 is 14.3 Å². The number of piperidine rings is 1. The minimum absolute atomic E-state index is 0. The monoisotopic (exact) mass is 371 g/mol. The van der Waals surface area contributed by atoms with Crippen LogP contribution in [0.5, 0.6) is 0 Å². The second kappa shape index (κ2) is 10.0. The number of ether oxygens (including phenoxy) is 2. The molecule has 0 unspecified atom stereocenters. The molecule has 0 aliphatic carbocycles. The zero-order chi connectivity index (χ0) is 15.3. The molecule has 0 aromatic carbocycles. The van der Waals surface area contributed by atoms with E-state index in [1.165, 1.54) is 0 Å². The minimum atomic E-state index is -0.643. The van der Waals surface area contributed by atoms with Gasteiger partial charge in [-0.25, -0.2) is 0 Å². The van der Waals surface area contributed by atoms with Crippen LogP contribution in [0.15, 0.2) is 0 Å². The number of nitrogens with zero attached hydrogens (tertiary/aromatic N) is 1. The first-order chi connectivity index (χ1) is 9.97. The van der Waals surface area contributed by atoms with Crippen LogP contribution in [0.2, 0.25) is 0 Å². The van der Waals surface area contributed by atoms with Crippen molar-refractivity contribution in [2.24, 2.45) is 0 Å². The number of carbonyl (C=O) groups excluding carboxylic acids is 1. The van der Waals surface area contributed by atoms with Gasteiger partial charge in [-0.15, -0.1) is 24.8 Å². The number of nitrogens with one attached hydrogen (secondary N) is 2. The summed E-state index contributed by atoms with van der Waals surface area (Å²) in [4.78, 5) is 14.8. The highest BCUT2D eigenvalue weighted by Gasteiger charge is 2.39. The molecule has 1 amide bonds. The minimum Gasteiger partial charge on any atom is -0.373 e. The van der Waals surface area contributed by atoms with E-state index in [1.807, 2.05) is 0 Å². The van der Waals surface area contributed by atoms with Gasteiger partial charge in [-0.1, -0.05) is 0 Å². The fourth-order valence-corrected chi connectivity index (χ4v) is 3.15. The van der Waals surface area contributed by atoms with Crippen LogP contribution in [-0.4, -0.2) is 75.0 Å². The zero-order valence-electron chi connectivity index (χ0n) is 14.4. The van der Waals surface area contributed by atoms with Crippen LogP contribution in [0.3, 0.4) is 0 Å². The lowest BCUT2D eigenvalue weighted by atomic mass is 9.91. The molecule has 2 aliphatic heterocycles. The maximum Gasteiger partial charge on any atom is 0.252 e. The van der Waals surface area contributed by atoms with Crippen LogP contribution in [0.1, 0.15) is 26.7 Å². The SMILES string of the molecule is COC1(C(=O)NCCN2CCOC(C)(C)C2)CCNCC1.Cl.Cl. The summed E-state index contributed by atoms with van der Waals surface area (Å²) in [5.41, 5.74) is -0.736. The molecule has 23 heavy (non-hydrogen) atoms. The van der Waals surface area contributed by atoms with Gasteiger partial charge in [-0.3, -0.25) is 9.69 Å². The standard InChI is InChI=1S/C15H29N3O3.2ClH/c1-14(2)12-18(10-11-21-14)9-8-17-13(19)15(20-3)4-6-16-7-5-15;;/h16H,4-12H2,1-3H3,(H,17,19);2*1H. The average molecular weight is 372 g/mol. The Morgan fingerprint density at radius 3 is 2.52 bits per heavy atom. The first-order valence-corrected chi connectivity index (χ1v) is 7.88. The Hall–Kier alpha value is -0.110. The lowest BCUT2D eigenvalue weighted by molar-refractivity contribution is -0.146. The Morgan fingerprint density at radius 1 is 1.30 bits per heavy atom. The van der Waals surface area contributed by atoms with E-state index in [0.29, 0.717) is 6.54 Å². The lowest BCUT2D eigenvalue weighted by Crippen LogP contribution is -2.55. The topological polar surface area (TPSA) is 62.8 Å². The van der Waals surface area contributed by atoms with Gasteiger partial charge in [0.2, 0.25) is 0 Å². The molecule has 0 aromatic heterocycles. The van der Waals surface area contributed by atoms with Gasteiger partial charge < -0.3 is 20.1 Å². The molecule has 0 atom stereocenters. The van der Waals surface area contributed by atoms with Gasteiger partial charge in [0, 0.05) is 33.3 Å². The largest absolute Gasteiger partial charge is 0.373 e. The maximum absolute atomic E-state index is 12.4. The molecule has 2 aliphatic rings. The third-order valence-electron chi connectivity index (χ3n) is 4.43. The van der Waals surface area contributed by atoms with E-state index in [1.54, 1.807) is 7.11 Å². The molecule has 138 valence electrons. The number of hydrogen-bond acceptors (Lipinski definition) is 5. The highest BCUT2D eigenvalue weighted by Crippen LogP contribution is 2.22. The van der Waals surface area contributed by atoms with Crippen LogP contribution in [0.25, 0.3) is 0 Å². The molecule has 0 radical (unpaired) electrons. The average Bonchev–Trinajstić information content (AvgIpc) is 2.47. The van der Waals surface area contributed by atoms with Crippen molar-refractivity contribution in [1.29, 1.82) is 0 Å². The Morgan fingerprint density at radius 2 is 1.96 bits per heavy atom. The van der Waals surface area contributed by atoms with Gasteiger partial charge in [0.1, 0.15) is 5.60 Å². The summed E-state index contributed by atoms with van der Waals surface area (Å²) >= 11 is 0. The molecule has 6 nitrogen and oxygen atoms in total. The van der Waals surface area contributed by atoms with E-state index >= 15 is 0 Å². The van der Waals surface area contributed by atoms with Gasteiger partial charge >= 0.3 is 0 Å². The summed E-state index contributed by atoms with van der Waals surface area (Å²) in [6.45, 7) is 9.98. The summed E-state index contributed by atoms with van der Waals surface area (Å²) in [6, 6.07) is 0. The first kappa shape index (κ1) is 22.9. The number of hydrogen-bond donors (Lipinski definition) is 2. The molecule has 2 saturated heterocycles. The Labute approximate surface area is 151 Å². The molecular weight excluding hydrogens is 341 g/mol. The van der Waals surface area contributed by atoms with Gasteiger partial charge in [-0.05, 0) is 39.8 Å². The van der Waals surface area contributed by atoms with Crippen LogP contribution < -0.4 is 10.6 Å². The fraction of sp³-hybridized carbons (Fsp3) is 0.933. The third kappa shape index (κ3) is 6.36. The molecule has 2 rings (SSSR count). The number of halogens is 2. The normalized spacial score (nSPS) is 23.3. The second-order valence-electron chi connectivity index (χ2n) is 6.59. The summed E-state index contributed by atoms with van der Waals surface area (Å²) in [6.07, 6.45) is 1.47. The van der Waals surface area contributed by atoms with E-state index in [2.05, 4.69) is 29.4 Å². The first-order valence-electron chi connectivity index (χ1n) is 7.88. The van der Waals surface area contributed by atoms with Crippen molar-refractivity contribution in [2.75, 3.05) is 53.0 Å². The number of carbonyl (C=O) groups is 1. The molecule has 2 heterocycles. The predicted molar refractivity (Wildman–Crippen MR) is 95.8 cm³/mol. The highest BCUT2D eigenvalue weighted by atomic mass is 35.5. The molecular formula is C15H31Cl2N3O3. The summed E-state index contributed by atoms with van der Waals surface area (Å²) in [5, 5.41) is 6.31. The number of morpholine rings is 1. The summed E-state index contributed by atoms with van der Waals surface area (Å²) in [5.74, 6) is 0.0269. The molecule has 2 N–H and O–H groups in total. The third-order valence-corrected chi connectivity index (χ3v) is 4.43. The van der Waals surface area contributed by atoms with Crippen molar-refractivity contribution in [3.8, 4) is 0 Å². The lowest BCUT2D eigenvalue weighted by Gasteiger charge is -2.38. The maximum atomic E-state index is 12.4. The molecule has 8 heteroatoms. The van der Waals surface area contributed by atoms with E-state index in [0.717, 1.165) is 52.2 Å². The molecule has 0 aromatic rings. The second-order valence-corrected chi connectivity index (χ2v) is 6.59. The van der Waals surface area contributed by atoms with E-state index < -0.39 is 5.60 Å². The van der Waals surface area contributed by atoms with Gasteiger partial charge in [0.05, 0.1) is 12.2 Å². The van der Waals surface area contributed by atoms with Gasteiger partial charge in [0.15, 0.2) is 0 Å². The Kier molecular flexibility index (Phi) is 9.96. The molecule has 2 fully saturated rings. The van der Waals surface area contributed by atoms with E-state index in [4.69, 9.17) is 9.47 Å². The summed E-state index contributed by atoms with van der Waals surface area (Å²) < 4.78 is 11.2. The highest BCUT2D eigenvalue weighted by molar-refractivity contribution is 5.86. The van der Waals surface area contributed by atoms with Crippen LogP contribution in [0.4, 0.5) is 0 Å². The van der Waals surface area contributed by atoms with Crippen molar-refractivity contribution >= 4 is 30.7 Å². The van der Waals surface area contributed by atoms with Crippen molar-refractivity contribution in [1.82, 2.24) is 15.5 Å². The molecule has 0 saturated carbocycles. The van der Waals surface area contributed by atoms with Crippen LogP contribution >= 0.6 is 24.8 Å². The molecule has 0 bridgehead atoms. The van der Waals surface area contributed by atoms with Gasteiger partial charge in [0.25, 0.3) is 5.91 Å². The predicted octanol–water partition coefficient (Wildman–Crippen LogP) is 0.826.